The molecule has 0 aliphatic rings. The van der Waals surface area contributed by atoms with Crippen molar-refractivity contribution in [1.29, 1.82) is 0 Å². The van der Waals surface area contributed by atoms with Crippen LogP contribution >= 0.6 is 0 Å². The monoisotopic (exact) mass is 452 g/mol. The molecule has 0 radical (unpaired) electrons. The molecule has 33 heavy (non-hydrogen) atoms. The third-order valence-corrected chi connectivity index (χ3v) is 5.11. The average Bonchev–Trinajstić information content (AvgIpc) is 3.18. The molecule has 0 aliphatic heterocycles. The van der Waals surface area contributed by atoms with Gasteiger partial charge in [-0.25, -0.2) is 5.43 Å². The number of methoxy groups -OCH3 is 4. The van der Waals surface area contributed by atoms with E-state index in [1.165, 1.54) is 0 Å². The van der Waals surface area contributed by atoms with Gasteiger partial charge in [-0.15, -0.1) is 0 Å². The van der Waals surface area contributed by atoms with Crippen molar-refractivity contribution in [2.24, 2.45) is 5.10 Å². The minimum atomic E-state index is -0.352. The minimum absolute atomic E-state index is 0.352. The first-order valence-electron chi connectivity index (χ1n) is 10.3. The van der Waals surface area contributed by atoms with Crippen molar-refractivity contribution in [3.05, 3.63) is 70.7 Å². The first-order chi connectivity index (χ1) is 15.9. The second kappa shape index (κ2) is 10.6. The molecule has 174 valence electrons. The Kier molecular flexibility index (Phi) is 7.61. The maximum atomic E-state index is 12.7. The van der Waals surface area contributed by atoms with Crippen LogP contribution in [0.5, 0.6) is 23.0 Å². The fraction of sp³-hybridized carbons (Fsp3) is 0.280. The number of nitrogens with zero attached hydrogens (tertiary/aromatic N) is 1. The number of ether oxygens (including phenoxy) is 4. The summed E-state index contributed by atoms with van der Waals surface area (Å²) in [5.74, 6) is 3.23. The summed E-state index contributed by atoms with van der Waals surface area (Å²) in [6.07, 6.45) is 0.416. The number of hydrogen-bond acceptors (Lipinski definition) is 7. The highest BCUT2D eigenvalue weighted by atomic mass is 16.5. The summed E-state index contributed by atoms with van der Waals surface area (Å²) < 4.78 is 27.0. The van der Waals surface area contributed by atoms with Gasteiger partial charge in [0.1, 0.15) is 11.5 Å². The lowest BCUT2D eigenvalue weighted by Gasteiger charge is -2.13. The van der Waals surface area contributed by atoms with E-state index in [9.17, 15) is 4.79 Å². The van der Waals surface area contributed by atoms with Gasteiger partial charge in [0.25, 0.3) is 5.91 Å². The molecule has 0 spiro atoms. The SMILES string of the molecule is COc1ccc(C/C(=N/NC(=O)c2cc(C)oc2C)c2ccc(OC)c(OC)c2)cc1OC. The van der Waals surface area contributed by atoms with Gasteiger partial charge in [0.15, 0.2) is 23.0 Å². The Bertz CT molecular complexity index is 1170. The molecule has 0 fully saturated rings. The Hall–Kier alpha value is -3.94. The highest BCUT2D eigenvalue weighted by molar-refractivity contribution is 6.04. The number of hydrogen-bond donors (Lipinski definition) is 1. The van der Waals surface area contributed by atoms with E-state index in [4.69, 9.17) is 23.4 Å². The molecular formula is C25H28N2O6. The lowest BCUT2D eigenvalue weighted by atomic mass is 10.0. The van der Waals surface area contributed by atoms with Crippen LogP contribution in [-0.4, -0.2) is 40.1 Å². The van der Waals surface area contributed by atoms with Crippen LogP contribution in [0.25, 0.3) is 0 Å². The van der Waals surface area contributed by atoms with Crippen LogP contribution in [0.4, 0.5) is 0 Å². The van der Waals surface area contributed by atoms with Crippen LogP contribution in [-0.2, 0) is 6.42 Å². The summed E-state index contributed by atoms with van der Waals surface area (Å²) in [5, 5.41) is 4.45. The number of benzene rings is 2. The second-order valence-electron chi connectivity index (χ2n) is 7.26. The van der Waals surface area contributed by atoms with Crippen LogP contribution in [0.2, 0.25) is 0 Å². The highest BCUT2D eigenvalue weighted by Crippen LogP contribution is 2.30. The molecule has 0 bridgehead atoms. The van der Waals surface area contributed by atoms with Crippen molar-refractivity contribution in [3.8, 4) is 23.0 Å². The zero-order valence-electron chi connectivity index (χ0n) is 19.6. The van der Waals surface area contributed by atoms with Gasteiger partial charge >= 0.3 is 0 Å². The molecule has 0 aliphatic carbocycles. The van der Waals surface area contributed by atoms with Gasteiger partial charge < -0.3 is 23.4 Å². The van der Waals surface area contributed by atoms with E-state index in [1.54, 1.807) is 54.4 Å². The lowest BCUT2D eigenvalue weighted by Crippen LogP contribution is -2.21. The van der Waals surface area contributed by atoms with E-state index in [0.717, 1.165) is 11.1 Å². The quantitative estimate of drug-likeness (QED) is 0.384. The number of furan rings is 1. The largest absolute Gasteiger partial charge is 0.493 e. The van der Waals surface area contributed by atoms with Crippen LogP contribution in [0, 0.1) is 13.8 Å². The van der Waals surface area contributed by atoms with Crippen molar-refractivity contribution >= 4 is 11.6 Å². The van der Waals surface area contributed by atoms with Crippen molar-refractivity contribution in [1.82, 2.24) is 5.43 Å². The van der Waals surface area contributed by atoms with Crippen LogP contribution in [0.1, 0.15) is 33.0 Å². The van der Waals surface area contributed by atoms with E-state index >= 15 is 0 Å². The summed E-state index contributed by atoms with van der Waals surface area (Å²) >= 11 is 0. The average molecular weight is 453 g/mol. The Morgan fingerprint density at radius 2 is 1.45 bits per heavy atom. The molecule has 0 saturated carbocycles. The molecule has 0 atom stereocenters. The molecule has 3 rings (SSSR count). The summed E-state index contributed by atoms with van der Waals surface area (Å²) in [6, 6.07) is 12.8. The van der Waals surface area contributed by atoms with Crippen molar-refractivity contribution < 1.29 is 28.2 Å². The molecule has 3 aromatic rings. The Labute approximate surface area is 193 Å². The van der Waals surface area contributed by atoms with E-state index in [-0.39, 0.29) is 5.91 Å². The minimum Gasteiger partial charge on any atom is -0.493 e. The molecule has 1 heterocycles. The van der Waals surface area contributed by atoms with E-state index in [2.05, 4.69) is 10.5 Å². The fourth-order valence-corrected chi connectivity index (χ4v) is 3.44. The lowest BCUT2D eigenvalue weighted by molar-refractivity contribution is 0.0953. The van der Waals surface area contributed by atoms with Gasteiger partial charge in [-0.05, 0) is 55.8 Å². The first-order valence-corrected chi connectivity index (χ1v) is 10.3. The van der Waals surface area contributed by atoms with Gasteiger partial charge in [-0.2, -0.15) is 5.10 Å². The van der Waals surface area contributed by atoms with Crippen molar-refractivity contribution in [3.63, 3.8) is 0 Å². The first kappa shape index (κ1) is 23.7. The Morgan fingerprint density at radius 1 is 0.848 bits per heavy atom. The number of nitrogens with one attached hydrogen (secondary N) is 1. The third-order valence-electron chi connectivity index (χ3n) is 5.11. The number of carbonyl (C=O) groups is 1. The van der Waals surface area contributed by atoms with E-state index in [0.29, 0.717) is 52.2 Å². The molecule has 8 nitrogen and oxygen atoms in total. The summed E-state index contributed by atoms with van der Waals surface area (Å²) in [6.45, 7) is 3.53. The summed E-state index contributed by atoms with van der Waals surface area (Å²) in [4.78, 5) is 12.7. The molecule has 0 saturated heterocycles. The number of rotatable bonds is 9. The number of aryl methyl sites for hydroxylation is 2. The zero-order chi connectivity index (χ0) is 24.0. The maximum Gasteiger partial charge on any atom is 0.274 e. The molecule has 1 amide bonds. The van der Waals surface area contributed by atoms with Gasteiger partial charge in [0.2, 0.25) is 0 Å². The normalized spacial score (nSPS) is 11.2. The summed E-state index contributed by atoms with van der Waals surface area (Å²) in [7, 11) is 6.31. The predicted octanol–water partition coefficient (Wildman–Crippen LogP) is 4.31. The molecule has 0 unspecified atom stereocenters. The van der Waals surface area contributed by atoms with Crippen LogP contribution < -0.4 is 24.4 Å². The Balaban J connectivity index is 1.98. The molecule has 1 N–H and O–H groups in total. The van der Waals surface area contributed by atoms with Crippen LogP contribution in [0.3, 0.4) is 0 Å². The zero-order valence-corrected chi connectivity index (χ0v) is 19.6. The van der Waals surface area contributed by atoms with Gasteiger partial charge in [0, 0.05) is 12.0 Å². The predicted molar refractivity (Wildman–Crippen MR) is 125 cm³/mol. The van der Waals surface area contributed by atoms with E-state index in [1.807, 2.05) is 30.3 Å². The molecule has 8 heteroatoms. The van der Waals surface area contributed by atoms with E-state index < -0.39 is 0 Å². The molecule has 1 aromatic heterocycles. The van der Waals surface area contributed by atoms with Crippen molar-refractivity contribution in [2.75, 3.05) is 28.4 Å². The number of amides is 1. The topological polar surface area (TPSA) is 91.5 Å². The standard InChI is InChI=1S/C25H28N2O6/c1-15-11-19(16(2)33-15)25(28)27-26-20(18-8-10-22(30-4)24(14-18)32-6)12-17-7-9-21(29-3)23(13-17)31-5/h7-11,13-14H,12H2,1-6H3,(H,27,28)/b26-20-. The fourth-order valence-electron chi connectivity index (χ4n) is 3.44. The Morgan fingerprint density at radius 3 is 2.03 bits per heavy atom. The van der Waals surface area contributed by atoms with Gasteiger partial charge in [-0.3, -0.25) is 4.79 Å². The van der Waals surface area contributed by atoms with Gasteiger partial charge in [-0.1, -0.05) is 6.07 Å². The highest BCUT2D eigenvalue weighted by Gasteiger charge is 2.16. The van der Waals surface area contributed by atoms with Gasteiger partial charge in [0.05, 0.1) is 39.7 Å². The third kappa shape index (κ3) is 5.46. The maximum absolute atomic E-state index is 12.7. The number of carbonyl (C=O) groups excluding carboxylic acids is 1. The second-order valence-corrected chi connectivity index (χ2v) is 7.26. The molecule has 2 aromatic carbocycles. The summed E-state index contributed by atoms with van der Waals surface area (Å²) in [5.41, 5.74) is 5.40. The van der Waals surface area contributed by atoms with Crippen LogP contribution in [0.15, 0.2) is 52.0 Å². The van der Waals surface area contributed by atoms with Crippen molar-refractivity contribution in [2.45, 2.75) is 20.3 Å². The molecular weight excluding hydrogens is 424 g/mol. The number of hydrazone groups is 1. The smallest absolute Gasteiger partial charge is 0.274 e.